The molecule has 0 unspecified atom stereocenters. The monoisotopic (exact) mass is 302 g/mol. The maximum absolute atomic E-state index is 11.3. The predicted octanol–water partition coefficient (Wildman–Crippen LogP) is 2.73. The van der Waals surface area contributed by atoms with Gasteiger partial charge in [0.15, 0.2) is 5.16 Å². The van der Waals surface area contributed by atoms with Gasteiger partial charge < -0.3 is 9.67 Å². The number of carbonyl (C=O) groups is 1. The smallest absolute Gasteiger partial charge is 0.338 e. The highest BCUT2D eigenvalue weighted by Gasteiger charge is 2.36. The zero-order valence-corrected chi connectivity index (χ0v) is 12.1. The Bertz CT molecular complexity index is 707. The normalized spacial score (nSPS) is 17.9. The number of hydrogen-bond donors (Lipinski definition) is 1. The van der Waals surface area contributed by atoms with Gasteiger partial charge in [-0.15, -0.1) is 10.2 Å². The molecule has 6 nitrogen and oxygen atoms in total. The Morgan fingerprint density at radius 3 is 2.76 bits per heavy atom. The number of aromatic carboxylic acids is 1. The van der Waals surface area contributed by atoms with E-state index in [4.69, 9.17) is 0 Å². The Kier molecular flexibility index (Phi) is 2.95. The van der Waals surface area contributed by atoms with E-state index in [1.165, 1.54) is 24.6 Å². The van der Waals surface area contributed by atoms with Gasteiger partial charge in [0.2, 0.25) is 0 Å². The first-order valence-corrected chi connectivity index (χ1v) is 7.86. The van der Waals surface area contributed by atoms with Crippen molar-refractivity contribution in [2.75, 3.05) is 0 Å². The molecule has 0 aromatic carbocycles. The summed E-state index contributed by atoms with van der Waals surface area (Å²) in [6.45, 7) is 0. The lowest BCUT2D eigenvalue weighted by molar-refractivity contribution is 0.0692. The lowest BCUT2D eigenvalue weighted by Gasteiger charge is -2.08. The molecule has 0 bridgehead atoms. The number of rotatable bonds is 5. The highest BCUT2D eigenvalue weighted by Crippen LogP contribution is 2.46. The van der Waals surface area contributed by atoms with E-state index < -0.39 is 5.97 Å². The average Bonchev–Trinajstić information content (AvgIpc) is 3.39. The molecule has 0 radical (unpaired) electrons. The summed E-state index contributed by atoms with van der Waals surface area (Å²) in [5.74, 6) is 0.633. The minimum atomic E-state index is -0.967. The Labute approximate surface area is 125 Å². The van der Waals surface area contributed by atoms with Gasteiger partial charge in [-0.1, -0.05) is 0 Å². The minimum absolute atomic E-state index is 0.209. The Morgan fingerprint density at radius 2 is 2.10 bits per heavy atom. The lowest BCUT2D eigenvalue weighted by Crippen LogP contribution is -2.04. The minimum Gasteiger partial charge on any atom is -0.478 e. The van der Waals surface area contributed by atoms with Crippen LogP contribution in [0.15, 0.2) is 28.5 Å². The van der Waals surface area contributed by atoms with Crippen LogP contribution in [-0.4, -0.2) is 30.8 Å². The Morgan fingerprint density at radius 1 is 1.29 bits per heavy atom. The molecule has 0 saturated heterocycles. The first-order chi connectivity index (χ1) is 10.2. The SMILES string of the molecule is O=C(O)c1cccnc1Sc1nnc(C2CC2)n1C1CC1. The molecule has 0 aliphatic heterocycles. The van der Waals surface area contributed by atoms with E-state index in [0.29, 0.717) is 17.0 Å². The number of carboxylic acids is 1. The molecule has 21 heavy (non-hydrogen) atoms. The molecule has 1 N–H and O–H groups in total. The van der Waals surface area contributed by atoms with Crippen LogP contribution in [0.25, 0.3) is 0 Å². The maximum atomic E-state index is 11.3. The van der Waals surface area contributed by atoms with Crippen molar-refractivity contribution in [1.82, 2.24) is 19.7 Å². The van der Waals surface area contributed by atoms with Crippen LogP contribution in [-0.2, 0) is 0 Å². The van der Waals surface area contributed by atoms with Gasteiger partial charge in [0.05, 0.1) is 5.56 Å². The third-order valence-corrected chi connectivity index (χ3v) is 4.71. The van der Waals surface area contributed by atoms with E-state index in [1.54, 1.807) is 18.3 Å². The summed E-state index contributed by atoms with van der Waals surface area (Å²) >= 11 is 1.30. The zero-order valence-electron chi connectivity index (χ0n) is 11.3. The summed E-state index contributed by atoms with van der Waals surface area (Å²) in [6, 6.07) is 3.68. The molecule has 108 valence electrons. The van der Waals surface area contributed by atoms with Crippen molar-refractivity contribution < 1.29 is 9.90 Å². The van der Waals surface area contributed by atoms with Gasteiger partial charge in [-0.25, -0.2) is 9.78 Å². The molecule has 0 amide bonds. The Hall–Kier alpha value is -1.89. The lowest BCUT2D eigenvalue weighted by atomic mass is 10.3. The van der Waals surface area contributed by atoms with Crippen molar-refractivity contribution in [3.05, 3.63) is 29.7 Å². The van der Waals surface area contributed by atoms with Gasteiger partial charge in [-0.2, -0.15) is 0 Å². The fourth-order valence-electron chi connectivity index (χ4n) is 2.38. The third-order valence-electron chi connectivity index (χ3n) is 3.73. The molecule has 7 heteroatoms. The second-order valence-corrected chi connectivity index (χ2v) is 6.44. The number of nitrogens with zero attached hydrogens (tertiary/aromatic N) is 4. The summed E-state index contributed by atoms with van der Waals surface area (Å²) in [6.07, 6.45) is 6.27. The average molecular weight is 302 g/mol. The summed E-state index contributed by atoms with van der Waals surface area (Å²) < 4.78 is 2.20. The van der Waals surface area contributed by atoms with E-state index in [1.807, 2.05) is 0 Å². The van der Waals surface area contributed by atoms with E-state index in [-0.39, 0.29) is 5.56 Å². The summed E-state index contributed by atoms with van der Waals surface area (Å²) in [4.78, 5) is 15.5. The van der Waals surface area contributed by atoms with Crippen molar-refractivity contribution in [2.24, 2.45) is 0 Å². The molecule has 2 aliphatic rings. The Balaban J connectivity index is 1.70. The highest BCUT2D eigenvalue weighted by molar-refractivity contribution is 7.99. The van der Waals surface area contributed by atoms with Crippen LogP contribution in [0.3, 0.4) is 0 Å². The standard InChI is InChI=1S/C14H14N4O2S/c19-13(20)10-2-1-7-15-12(10)21-14-17-16-11(8-3-4-8)18(14)9-5-6-9/h1-2,7-9H,3-6H2,(H,19,20). The van der Waals surface area contributed by atoms with Crippen LogP contribution in [0.4, 0.5) is 0 Å². The van der Waals surface area contributed by atoms with Crippen LogP contribution in [0, 0.1) is 0 Å². The fourth-order valence-corrected chi connectivity index (χ4v) is 3.35. The number of aromatic nitrogens is 4. The predicted molar refractivity (Wildman–Crippen MR) is 75.6 cm³/mol. The first kappa shape index (κ1) is 12.8. The van der Waals surface area contributed by atoms with Crippen LogP contribution in [0.2, 0.25) is 0 Å². The van der Waals surface area contributed by atoms with Crippen LogP contribution < -0.4 is 0 Å². The third kappa shape index (κ3) is 2.42. The second kappa shape index (κ2) is 4.84. The second-order valence-electron chi connectivity index (χ2n) is 5.48. The van der Waals surface area contributed by atoms with E-state index in [2.05, 4.69) is 19.7 Å². The molecule has 2 aromatic rings. The van der Waals surface area contributed by atoms with Crippen LogP contribution >= 0.6 is 11.8 Å². The fraction of sp³-hybridized carbons (Fsp3) is 0.429. The molecule has 4 rings (SSSR count). The van der Waals surface area contributed by atoms with Crippen molar-refractivity contribution in [3.8, 4) is 0 Å². The number of carboxylic acid groups (broad SMARTS) is 1. The quantitative estimate of drug-likeness (QED) is 0.914. The molecule has 2 aromatic heterocycles. The van der Waals surface area contributed by atoms with Crippen LogP contribution in [0.5, 0.6) is 0 Å². The van der Waals surface area contributed by atoms with E-state index >= 15 is 0 Å². The van der Waals surface area contributed by atoms with E-state index in [0.717, 1.165) is 23.8 Å². The van der Waals surface area contributed by atoms with Crippen molar-refractivity contribution in [3.63, 3.8) is 0 Å². The molecule has 2 heterocycles. The molecule has 2 fully saturated rings. The highest BCUT2D eigenvalue weighted by atomic mass is 32.2. The molecule has 0 atom stereocenters. The summed E-state index contributed by atoms with van der Waals surface area (Å²) in [5.41, 5.74) is 0.209. The van der Waals surface area contributed by atoms with Gasteiger partial charge >= 0.3 is 5.97 Å². The molecule has 2 aliphatic carbocycles. The van der Waals surface area contributed by atoms with E-state index in [9.17, 15) is 9.90 Å². The zero-order chi connectivity index (χ0) is 14.4. The van der Waals surface area contributed by atoms with Gasteiger partial charge in [-0.3, -0.25) is 0 Å². The van der Waals surface area contributed by atoms with Gasteiger partial charge in [0, 0.05) is 18.2 Å². The maximum Gasteiger partial charge on any atom is 0.338 e. The summed E-state index contributed by atoms with van der Waals surface area (Å²) in [5, 5.41) is 19.1. The van der Waals surface area contributed by atoms with Crippen molar-refractivity contribution >= 4 is 17.7 Å². The van der Waals surface area contributed by atoms with Gasteiger partial charge in [0.1, 0.15) is 10.9 Å². The molecular formula is C14H14N4O2S. The number of pyridine rings is 1. The van der Waals surface area contributed by atoms with Crippen molar-refractivity contribution in [1.29, 1.82) is 0 Å². The number of hydrogen-bond acceptors (Lipinski definition) is 5. The molecule has 0 spiro atoms. The first-order valence-electron chi connectivity index (χ1n) is 7.05. The summed E-state index contributed by atoms with van der Waals surface area (Å²) in [7, 11) is 0. The van der Waals surface area contributed by atoms with Crippen LogP contribution in [0.1, 0.15) is 53.8 Å². The van der Waals surface area contributed by atoms with Crippen molar-refractivity contribution in [2.45, 2.75) is 47.8 Å². The van der Waals surface area contributed by atoms with Gasteiger partial charge in [0.25, 0.3) is 0 Å². The molecular weight excluding hydrogens is 288 g/mol. The molecule has 2 saturated carbocycles. The largest absolute Gasteiger partial charge is 0.478 e. The topological polar surface area (TPSA) is 80.9 Å². The van der Waals surface area contributed by atoms with Gasteiger partial charge in [-0.05, 0) is 49.6 Å².